The van der Waals surface area contributed by atoms with Crippen LogP contribution in [0.3, 0.4) is 0 Å². The molecule has 0 aromatic carbocycles. The number of rotatable bonds is 2. The topological polar surface area (TPSA) is 82.0 Å². The summed E-state index contributed by atoms with van der Waals surface area (Å²) in [5.74, 6) is -0.544. The van der Waals surface area contributed by atoms with Crippen LogP contribution in [0.1, 0.15) is 37.3 Å². The minimum Gasteiger partial charge on any atom is -0.417 e. The van der Waals surface area contributed by atoms with Crippen molar-refractivity contribution in [2.75, 3.05) is 0 Å². The molecule has 1 heterocycles. The summed E-state index contributed by atoms with van der Waals surface area (Å²) in [6.45, 7) is 5.96. The molecule has 5 heteroatoms. The van der Waals surface area contributed by atoms with E-state index in [4.69, 9.17) is 10.2 Å². The molecule has 0 aliphatic rings. The Morgan fingerprint density at radius 2 is 2.08 bits per heavy atom. The highest BCUT2D eigenvalue weighted by Crippen LogP contribution is 2.21. The number of carbonyl (C=O) groups is 1. The zero-order valence-electron chi connectivity index (χ0n) is 7.87. The summed E-state index contributed by atoms with van der Waals surface area (Å²) >= 11 is 0. The Morgan fingerprint density at radius 1 is 1.46 bits per heavy atom. The molecule has 71 valence electrons. The van der Waals surface area contributed by atoms with Crippen LogP contribution in [-0.4, -0.2) is 16.1 Å². The van der Waals surface area contributed by atoms with E-state index in [1.807, 2.05) is 20.8 Å². The summed E-state index contributed by atoms with van der Waals surface area (Å²) in [7, 11) is 0. The molecule has 0 aliphatic heterocycles. The van der Waals surface area contributed by atoms with E-state index < -0.39 is 5.91 Å². The fraction of sp³-hybridized carbons (Fsp3) is 0.500. The van der Waals surface area contributed by atoms with E-state index in [1.165, 1.54) is 0 Å². The van der Waals surface area contributed by atoms with Gasteiger partial charge in [-0.2, -0.15) is 0 Å². The number of hydrogen-bond acceptors (Lipinski definition) is 4. The van der Waals surface area contributed by atoms with Crippen molar-refractivity contribution in [2.45, 2.75) is 20.8 Å². The summed E-state index contributed by atoms with van der Waals surface area (Å²) in [6, 6.07) is 0. The predicted octanol–water partition coefficient (Wildman–Crippen LogP) is 0.767. The van der Waals surface area contributed by atoms with E-state index >= 15 is 0 Å². The number of nitrogens with two attached hydrogens (primary N) is 1. The Kier molecular flexibility index (Phi) is 2.36. The quantitative estimate of drug-likeness (QED) is 0.732. The number of amides is 1. The van der Waals surface area contributed by atoms with Gasteiger partial charge in [0.05, 0.1) is 6.42 Å². The fourth-order valence-corrected chi connectivity index (χ4v) is 0.763. The third-order valence-electron chi connectivity index (χ3n) is 1.21. The Hall–Kier alpha value is -1.39. The van der Waals surface area contributed by atoms with Gasteiger partial charge < -0.3 is 10.2 Å². The van der Waals surface area contributed by atoms with Crippen molar-refractivity contribution >= 4 is 5.91 Å². The molecule has 5 nitrogen and oxygen atoms in total. The van der Waals surface area contributed by atoms with Crippen molar-refractivity contribution in [1.82, 2.24) is 10.2 Å². The van der Waals surface area contributed by atoms with Crippen LogP contribution in [0.5, 0.6) is 0 Å². The second-order valence-electron chi connectivity index (χ2n) is 3.82. The van der Waals surface area contributed by atoms with E-state index in [-0.39, 0.29) is 11.3 Å². The van der Waals surface area contributed by atoms with E-state index in [9.17, 15) is 4.79 Å². The minimum absolute atomic E-state index is 0.0680. The highest BCUT2D eigenvalue weighted by molar-refractivity contribution is 5.87. The van der Waals surface area contributed by atoms with Crippen molar-refractivity contribution in [2.24, 2.45) is 11.1 Å². The molecule has 1 rings (SSSR count). The average Bonchev–Trinajstić information content (AvgIpc) is 2.31. The molecule has 1 radical (unpaired) electrons. The van der Waals surface area contributed by atoms with Gasteiger partial charge in [-0.1, -0.05) is 20.8 Å². The molecule has 0 atom stereocenters. The minimum atomic E-state index is -0.707. The van der Waals surface area contributed by atoms with E-state index in [2.05, 4.69) is 10.2 Å². The van der Waals surface area contributed by atoms with Gasteiger partial charge in [0.2, 0.25) is 5.89 Å². The van der Waals surface area contributed by atoms with Gasteiger partial charge in [-0.05, 0) is 5.41 Å². The third kappa shape index (κ3) is 2.85. The van der Waals surface area contributed by atoms with Crippen LogP contribution in [0, 0.1) is 11.8 Å². The van der Waals surface area contributed by atoms with Gasteiger partial charge in [0.25, 0.3) is 0 Å². The monoisotopic (exact) mass is 182 g/mol. The summed E-state index contributed by atoms with van der Waals surface area (Å²) in [6.07, 6.45) is 1.77. The van der Waals surface area contributed by atoms with Gasteiger partial charge in [-0.3, -0.25) is 4.79 Å². The summed E-state index contributed by atoms with van der Waals surface area (Å²) < 4.78 is 4.97. The Morgan fingerprint density at radius 3 is 2.46 bits per heavy atom. The zero-order valence-corrected chi connectivity index (χ0v) is 7.87. The molecule has 0 saturated heterocycles. The zero-order chi connectivity index (χ0) is 10.1. The lowest BCUT2D eigenvalue weighted by molar-refractivity contribution is 0.0966. The molecule has 1 aromatic rings. The van der Waals surface area contributed by atoms with Gasteiger partial charge in [0, 0.05) is 0 Å². The number of aromatic nitrogens is 2. The van der Waals surface area contributed by atoms with Crippen molar-refractivity contribution in [1.29, 1.82) is 0 Å². The van der Waals surface area contributed by atoms with Crippen molar-refractivity contribution in [3.63, 3.8) is 0 Å². The van der Waals surface area contributed by atoms with Crippen molar-refractivity contribution < 1.29 is 9.21 Å². The SMILES string of the molecule is CC(C)(C)[CH]c1nnc(C(N)=O)o1. The van der Waals surface area contributed by atoms with Crippen LogP contribution >= 0.6 is 0 Å². The second-order valence-corrected chi connectivity index (χ2v) is 3.82. The van der Waals surface area contributed by atoms with Crippen LogP contribution in [-0.2, 0) is 0 Å². The molecule has 2 N–H and O–H groups in total. The number of carbonyl (C=O) groups excluding carboxylic acids is 1. The molecule has 1 aromatic heterocycles. The van der Waals surface area contributed by atoms with E-state index in [0.717, 1.165) is 0 Å². The highest BCUT2D eigenvalue weighted by atomic mass is 16.4. The maximum absolute atomic E-state index is 10.6. The lowest BCUT2D eigenvalue weighted by atomic mass is 9.92. The molecule has 1 amide bonds. The molecule has 13 heavy (non-hydrogen) atoms. The van der Waals surface area contributed by atoms with E-state index in [0.29, 0.717) is 5.89 Å². The third-order valence-corrected chi connectivity index (χ3v) is 1.21. The summed E-state index contributed by atoms with van der Waals surface area (Å²) in [5, 5.41) is 7.13. The van der Waals surface area contributed by atoms with E-state index in [1.54, 1.807) is 6.42 Å². The standard InChI is InChI=1S/C8H12N3O2/c1-8(2,3)4-5-10-11-7(13-5)6(9)12/h4H,1-3H3,(H2,9,12). The molecular weight excluding hydrogens is 170 g/mol. The number of hydrogen-bond donors (Lipinski definition) is 1. The van der Waals surface area contributed by atoms with Gasteiger partial charge in [-0.25, -0.2) is 0 Å². The van der Waals surface area contributed by atoms with Crippen LogP contribution in [0.2, 0.25) is 0 Å². The fourth-order valence-electron chi connectivity index (χ4n) is 0.763. The van der Waals surface area contributed by atoms with Crippen molar-refractivity contribution in [3.8, 4) is 0 Å². The average molecular weight is 182 g/mol. The predicted molar refractivity (Wildman–Crippen MR) is 45.7 cm³/mol. The Labute approximate surface area is 76.3 Å². The molecule has 0 aliphatic carbocycles. The Bertz CT molecular complexity index is 311. The molecule has 0 bridgehead atoms. The number of primary amides is 1. The van der Waals surface area contributed by atoms with Gasteiger partial charge in [0.1, 0.15) is 0 Å². The first-order valence-electron chi connectivity index (χ1n) is 3.88. The van der Waals surface area contributed by atoms with Crippen molar-refractivity contribution in [3.05, 3.63) is 18.2 Å². The molecular formula is C8H12N3O2. The normalized spacial score (nSPS) is 11.6. The smallest absolute Gasteiger partial charge is 0.306 e. The molecule has 0 saturated carbocycles. The molecule has 0 spiro atoms. The lowest BCUT2D eigenvalue weighted by Crippen LogP contribution is -2.11. The van der Waals surface area contributed by atoms with Crippen LogP contribution in [0.25, 0.3) is 0 Å². The maximum atomic E-state index is 10.6. The largest absolute Gasteiger partial charge is 0.417 e. The highest BCUT2D eigenvalue weighted by Gasteiger charge is 2.18. The van der Waals surface area contributed by atoms with Crippen LogP contribution in [0.4, 0.5) is 0 Å². The number of nitrogens with zero attached hydrogens (tertiary/aromatic N) is 2. The molecule has 0 fully saturated rings. The van der Waals surface area contributed by atoms with Gasteiger partial charge >= 0.3 is 11.8 Å². The van der Waals surface area contributed by atoms with Crippen LogP contribution in [0.15, 0.2) is 4.42 Å². The second kappa shape index (κ2) is 3.16. The first kappa shape index (κ1) is 9.70. The van der Waals surface area contributed by atoms with Gasteiger partial charge in [-0.15, -0.1) is 10.2 Å². The summed E-state index contributed by atoms with van der Waals surface area (Å²) in [4.78, 5) is 10.6. The van der Waals surface area contributed by atoms with Gasteiger partial charge in [0.15, 0.2) is 0 Å². The molecule has 0 unspecified atom stereocenters. The first-order chi connectivity index (χ1) is 5.88. The maximum Gasteiger partial charge on any atom is 0.306 e. The first-order valence-corrected chi connectivity index (χ1v) is 3.88. The Balaban J connectivity index is 2.75. The lowest BCUT2D eigenvalue weighted by Gasteiger charge is -2.13. The summed E-state index contributed by atoms with van der Waals surface area (Å²) in [5.41, 5.74) is 4.87. The van der Waals surface area contributed by atoms with Crippen LogP contribution < -0.4 is 5.73 Å².